The molecule has 3 aromatic carbocycles. The second kappa shape index (κ2) is 8.69. The maximum absolute atomic E-state index is 13.3. The van der Waals surface area contributed by atoms with E-state index in [1.54, 1.807) is 30.3 Å². The Hall–Kier alpha value is -3.37. The van der Waals surface area contributed by atoms with Crippen molar-refractivity contribution < 1.29 is 31.4 Å². The SMILES string of the molecule is O=c1c2cccc(Cl)c2nc(Cc2ccccc2)n1-c1ccc(C(O)(C(F)(F)F)C(F)(F)F)cc1. The van der Waals surface area contributed by atoms with E-state index >= 15 is 0 Å². The van der Waals surface area contributed by atoms with Crippen LogP contribution >= 0.6 is 11.6 Å². The van der Waals surface area contributed by atoms with E-state index in [2.05, 4.69) is 4.98 Å². The maximum Gasteiger partial charge on any atom is 0.430 e. The second-order valence-electron chi connectivity index (χ2n) is 7.72. The first-order chi connectivity index (χ1) is 16.3. The smallest absolute Gasteiger partial charge is 0.369 e. The Morgan fingerprint density at radius 2 is 1.43 bits per heavy atom. The minimum absolute atomic E-state index is 0.0363. The molecule has 0 unspecified atom stereocenters. The van der Waals surface area contributed by atoms with E-state index in [1.165, 1.54) is 18.2 Å². The molecule has 4 nitrogen and oxygen atoms in total. The lowest BCUT2D eigenvalue weighted by atomic mass is 9.92. The van der Waals surface area contributed by atoms with E-state index in [0.717, 1.165) is 22.3 Å². The third-order valence-corrected chi connectivity index (χ3v) is 5.79. The van der Waals surface area contributed by atoms with E-state index < -0.39 is 29.1 Å². The lowest BCUT2D eigenvalue weighted by Crippen LogP contribution is -2.53. The summed E-state index contributed by atoms with van der Waals surface area (Å²) < 4.78 is 80.6. The number of fused-ring (bicyclic) bond motifs is 1. The highest BCUT2D eigenvalue weighted by molar-refractivity contribution is 6.34. The van der Waals surface area contributed by atoms with Gasteiger partial charge in [0.2, 0.25) is 0 Å². The van der Waals surface area contributed by atoms with Crippen LogP contribution in [0.2, 0.25) is 5.02 Å². The van der Waals surface area contributed by atoms with Crippen molar-refractivity contribution in [2.24, 2.45) is 0 Å². The van der Waals surface area contributed by atoms with Gasteiger partial charge in [-0.25, -0.2) is 4.98 Å². The summed E-state index contributed by atoms with van der Waals surface area (Å²) in [4.78, 5) is 17.8. The van der Waals surface area contributed by atoms with E-state index in [0.29, 0.717) is 12.1 Å². The summed E-state index contributed by atoms with van der Waals surface area (Å²) in [5, 5.41) is 9.96. The molecule has 0 aliphatic rings. The van der Waals surface area contributed by atoms with Crippen molar-refractivity contribution in [3.8, 4) is 5.69 Å². The van der Waals surface area contributed by atoms with E-state index in [9.17, 15) is 36.2 Å². The summed E-state index contributed by atoms with van der Waals surface area (Å²) in [5.74, 6) is 0.163. The Balaban J connectivity index is 1.92. The molecule has 4 aromatic rings. The number of aliphatic hydroxyl groups is 1. The molecule has 0 radical (unpaired) electrons. The van der Waals surface area contributed by atoms with Crippen LogP contribution in [0.25, 0.3) is 16.6 Å². The second-order valence-corrected chi connectivity index (χ2v) is 8.13. The molecule has 4 rings (SSSR count). The van der Waals surface area contributed by atoms with Crippen LogP contribution in [-0.2, 0) is 12.0 Å². The van der Waals surface area contributed by atoms with Gasteiger partial charge < -0.3 is 5.11 Å². The Labute approximate surface area is 199 Å². The van der Waals surface area contributed by atoms with Gasteiger partial charge in [-0.2, -0.15) is 26.3 Å². The minimum Gasteiger partial charge on any atom is -0.369 e. The quantitative estimate of drug-likeness (QED) is 0.344. The fourth-order valence-electron chi connectivity index (χ4n) is 3.72. The van der Waals surface area contributed by atoms with Gasteiger partial charge in [0.15, 0.2) is 0 Å². The van der Waals surface area contributed by atoms with E-state index in [1.807, 2.05) is 0 Å². The highest BCUT2D eigenvalue weighted by atomic mass is 35.5. The molecular formula is C24H15ClF6N2O2. The molecule has 0 fully saturated rings. The number of rotatable bonds is 4. The minimum atomic E-state index is -6.02. The Morgan fingerprint density at radius 1 is 0.829 bits per heavy atom. The highest BCUT2D eigenvalue weighted by Crippen LogP contribution is 2.50. The average molecular weight is 513 g/mol. The fraction of sp³-hybridized carbons (Fsp3) is 0.167. The molecule has 0 amide bonds. The normalized spacial score (nSPS) is 12.8. The number of aromatic nitrogens is 2. The monoisotopic (exact) mass is 512 g/mol. The van der Waals surface area contributed by atoms with Crippen molar-refractivity contribution in [3.05, 3.63) is 105 Å². The van der Waals surface area contributed by atoms with E-state index in [4.69, 9.17) is 11.6 Å². The van der Waals surface area contributed by atoms with Gasteiger partial charge in [0.05, 0.1) is 21.6 Å². The molecule has 0 atom stereocenters. The molecule has 0 spiro atoms. The third-order valence-electron chi connectivity index (χ3n) is 5.49. The number of hydrogen-bond donors (Lipinski definition) is 1. The standard InChI is InChI=1S/C24H15ClF6N2O2/c25-18-8-4-7-17-20(18)32-19(13-14-5-2-1-3-6-14)33(21(17)34)16-11-9-15(10-12-16)22(35,23(26,27)28)24(29,30)31/h1-12,35H,13H2. The maximum atomic E-state index is 13.3. The van der Waals surface area contributed by atoms with Gasteiger partial charge in [0, 0.05) is 12.0 Å². The van der Waals surface area contributed by atoms with Crippen LogP contribution in [0.5, 0.6) is 0 Å². The number of nitrogens with zero attached hydrogens (tertiary/aromatic N) is 2. The third kappa shape index (κ3) is 4.28. The summed E-state index contributed by atoms with van der Waals surface area (Å²) in [6.07, 6.45) is -11.9. The molecule has 0 aliphatic heterocycles. The van der Waals surface area contributed by atoms with Gasteiger partial charge >= 0.3 is 12.4 Å². The van der Waals surface area contributed by atoms with Gasteiger partial charge in [-0.05, 0) is 29.8 Å². The van der Waals surface area contributed by atoms with Gasteiger partial charge in [0.25, 0.3) is 11.2 Å². The first-order valence-electron chi connectivity index (χ1n) is 10.1. The molecule has 1 N–H and O–H groups in total. The van der Waals surface area contributed by atoms with Crippen molar-refractivity contribution in [3.63, 3.8) is 0 Å². The van der Waals surface area contributed by atoms with Crippen molar-refractivity contribution >= 4 is 22.5 Å². The van der Waals surface area contributed by atoms with Crippen LogP contribution in [0.4, 0.5) is 26.3 Å². The number of hydrogen-bond acceptors (Lipinski definition) is 3. The largest absolute Gasteiger partial charge is 0.430 e. The van der Waals surface area contributed by atoms with Crippen LogP contribution < -0.4 is 5.56 Å². The summed E-state index contributed by atoms with van der Waals surface area (Å²) in [5.41, 5.74) is -6.20. The number of benzene rings is 3. The Bertz CT molecular complexity index is 1420. The van der Waals surface area contributed by atoms with Crippen molar-refractivity contribution in [2.45, 2.75) is 24.4 Å². The predicted molar refractivity (Wildman–Crippen MR) is 118 cm³/mol. The van der Waals surface area contributed by atoms with Crippen molar-refractivity contribution in [1.82, 2.24) is 9.55 Å². The number of halogens is 7. The van der Waals surface area contributed by atoms with Crippen molar-refractivity contribution in [1.29, 1.82) is 0 Å². The van der Waals surface area contributed by atoms with Crippen LogP contribution in [0.15, 0.2) is 77.6 Å². The number of para-hydroxylation sites is 1. The lowest BCUT2D eigenvalue weighted by molar-refractivity contribution is -0.376. The summed E-state index contributed by atoms with van der Waals surface area (Å²) >= 11 is 6.21. The zero-order valence-electron chi connectivity index (χ0n) is 17.5. The van der Waals surface area contributed by atoms with Crippen LogP contribution in [0.3, 0.4) is 0 Å². The molecule has 0 aliphatic carbocycles. The van der Waals surface area contributed by atoms with Crippen molar-refractivity contribution in [2.75, 3.05) is 0 Å². The molecule has 35 heavy (non-hydrogen) atoms. The van der Waals surface area contributed by atoms with Gasteiger partial charge in [-0.15, -0.1) is 0 Å². The average Bonchev–Trinajstić information content (AvgIpc) is 2.79. The Morgan fingerprint density at radius 3 is 2.00 bits per heavy atom. The van der Waals surface area contributed by atoms with Crippen LogP contribution in [0.1, 0.15) is 17.0 Å². The van der Waals surface area contributed by atoms with E-state index in [-0.39, 0.29) is 33.9 Å². The zero-order chi connectivity index (χ0) is 25.6. The summed E-state index contributed by atoms with van der Waals surface area (Å²) in [6.45, 7) is 0. The van der Waals surface area contributed by atoms with Crippen LogP contribution in [-0.4, -0.2) is 27.0 Å². The molecule has 1 aromatic heterocycles. The molecule has 182 valence electrons. The topological polar surface area (TPSA) is 55.1 Å². The lowest BCUT2D eigenvalue weighted by Gasteiger charge is -2.32. The molecule has 1 heterocycles. The van der Waals surface area contributed by atoms with Gasteiger partial charge in [-0.1, -0.05) is 60.1 Å². The summed E-state index contributed by atoms with van der Waals surface area (Å²) in [6, 6.07) is 16.1. The predicted octanol–water partition coefficient (Wildman–Crippen LogP) is 5.94. The van der Waals surface area contributed by atoms with Gasteiger partial charge in [-0.3, -0.25) is 9.36 Å². The molecular weight excluding hydrogens is 498 g/mol. The first kappa shape index (κ1) is 24.7. The van der Waals surface area contributed by atoms with Gasteiger partial charge in [0.1, 0.15) is 5.82 Å². The summed E-state index contributed by atoms with van der Waals surface area (Å²) in [7, 11) is 0. The molecule has 0 bridgehead atoms. The highest BCUT2D eigenvalue weighted by Gasteiger charge is 2.71. The molecule has 11 heteroatoms. The first-order valence-corrected chi connectivity index (χ1v) is 10.4. The fourth-order valence-corrected chi connectivity index (χ4v) is 3.94. The molecule has 0 saturated carbocycles. The molecule has 0 saturated heterocycles. The zero-order valence-corrected chi connectivity index (χ0v) is 18.3. The Kier molecular flexibility index (Phi) is 6.14. The number of alkyl halides is 6. The van der Waals surface area contributed by atoms with Crippen LogP contribution in [0, 0.1) is 0 Å².